The maximum Gasteiger partial charge on any atom is 0.337 e. The molecular formula is C26H33N3O6S. The number of carbonyl (C=O) groups is 2. The number of fused-ring (bicyclic) bond motifs is 1. The Morgan fingerprint density at radius 3 is 2.14 bits per heavy atom. The highest BCUT2D eigenvalue weighted by Crippen LogP contribution is 2.34. The number of nitrogens with one attached hydrogen (secondary N) is 1. The standard InChI is InChI=1S/C26H33N3O6S/c1-17-5-8-24(29-11-9-28(2)10-12-29)23-16-20(6-7-22(17)23)27-36(32,33)21-14-18(25(30)34-3)13-19(15-21)26(31)35-4/h5,8,13-15,20,27H,6-7,9-12,16H2,1-4H3/t20-/m1/s1. The lowest BCUT2D eigenvalue weighted by atomic mass is 9.84. The smallest absolute Gasteiger partial charge is 0.337 e. The zero-order chi connectivity index (χ0) is 26.0. The predicted octanol–water partition coefficient (Wildman–Crippen LogP) is 2.16. The largest absolute Gasteiger partial charge is 0.465 e. The number of hydrogen-bond acceptors (Lipinski definition) is 8. The molecule has 10 heteroatoms. The van der Waals surface area contributed by atoms with Gasteiger partial charge in [-0.1, -0.05) is 6.07 Å². The van der Waals surface area contributed by atoms with Gasteiger partial charge in [-0.2, -0.15) is 0 Å². The number of benzene rings is 2. The van der Waals surface area contributed by atoms with Gasteiger partial charge < -0.3 is 19.3 Å². The minimum atomic E-state index is -4.03. The number of anilines is 1. The summed E-state index contributed by atoms with van der Waals surface area (Å²) < 4.78 is 39.1. The van der Waals surface area contributed by atoms with Crippen LogP contribution in [0.5, 0.6) is 0 Å². The number of hydrogen-bond donors (Lipinski definition) is 1. The molecule has 1 N–H and O–H groups in total. The van der Waals surface area contributed by atoms with Crippen molar-refractivity contribution in [2.24, 2.45) is 0 Å². The van der Waals surface area contributed by atoms with Gasteiger partial charge in [0.05, 0.1) is 30.2 Å². The molecule has 2 aromatic carbocycles. The van der Waals surface area contributed by atoms with Crippen molar-refractivity contribution in [1.29, 1.82) is 0 Å². The number of nitrogens with zero attached hydrogens (tertiary/aromatic N) is 2. The van der Waals surface area contributed by atoms with E-state index in [1.807, 2.05) is 0 Å². The van der Waals surface area contributed by atoms with Crippen LogP contribution in [0.2, 0.25) is 0 Å². The quantitative estimate of drug-likeness (QED) is 0.584. The van der Waals surface area contributed by atoms with Gasteiger partial charge in [0.1, 0.15) is 0 Å². The van der Waals surface area contributed by atoms with Crippen molar-refractivity contribution in [3.63, 3.8) is 0 Å². The molecule has 1 fully saturated rings. The second kappa shape index (κ2) is 10.6. The van der Waals surface area contributed by atoms with Gasteiger partial charge in [0.2, 0.25) is 10.0 Å². The summed E-state index contributed by atoms with van der Waals surface area (Å²) in [5, 5.41) is 0. The van der Waals surface area contributed by atoms with Crippen LogP contribution in [0, 0.1) is 6.92 Å². The Balaban J connectivity index is 1.62. The van der Waals surface area contributed by atoms with Crippen LogP contribution in [0.25, 0.3) is 0 Å². The molecule has 194 valence electrons. The Bertz CT molecular complexity index is 1230. The van der Waals surface area contributed by atoms with Crippen LogP contribution in [0.3, 0.4) is 0 Å². The molecule has 0 radical (unpaired) electrons. The first-order valence-corrected chi connectivity index (χ1v) is 13.5. The summed E-state index contributed by atoms with van der Waals surface area (Å²) in [4.78, 5) is 28.8. The maximum atomic E-state index is 13.4. The van der Waals surface area contributed by atoms with Gasteiger partial charge in [0, 0.05) is 37.9 Å². The molecule has 36 heavy (non-hydrogen) atoms. The van der Waals surface area contributed by atoms with Gasteiger partial charge in [-0.05, 0) is 74.2 Å². The number of rotatable bonds is 6. The van der Waals surface area contributed by atoms with Crippen molar-refractivity contribution in [3.8, 4) is 0 Å². The lowest BCUT2D eigenvalue weighted by Crippen LogP contribution is -2.45. The van der Waals surface area contributed by atoms with Crippen molar-refractivity contribution in [1.82, 2.24) is 9.62 Å². The van der Waals surface area contributed by atoms with Gasteiger partial charge in [-0.3, -0.25) is 0 Å². The monoisotopic (exact) mass is 515 g/mol. The zero-order valence-electron chi connectivity index (χ0n) is 21.2. The van der Waals surface area contributed by atoms with Gasteiger partial charge in [0.15, 0.2) is 0 Å². The number of piperazine rings is 1. The van der Waals surface area contributed by atoms with Crippen molar-refractivity contribution in [3.05, 3.63) is 58.1 Å². The molecule has 1 saturated heterocycles. The second-order valence-corrected chi connectivity index (χ2v) is 11.2. The van der Waals surface area contributed by atoms with E-state index in [0.717, 1.165) is 32.6 Å². The van der Waals surface area contributed by atoms with Crippen LogP contribution >= 0.6 is 0 Å². The highest BCUT2D eigenvalue weighted by molar-refractivity contribution is 7.89. The van der Waals surface area contributed by atoms with Crippen molar-refractivity contribution < 1.29 is 27.5 Å². The van der Waals surface area contributed by atoms with E-state index in [1.54, 1.807) is 0 Å². The Kier molecular flexibility index (Phi) is 7.67. The van der Waals surface area contributed by atoms with Crippen LogP contribution in [0.1, 0.15) is 43.8 Å². The maximum absolute atomic E-state index is 13.4. The second-order valence-electron chi connectivity index (χ2n) is 9.44. The average Bonchev–Trinajstić information content (AvgIpc) is 2.88. The summed E-state index contributed by atoms with van der Waals surface area (Å²) in [6.07, 6.45) is 1.99. The SMILES string of the molecule is COC(=O)c1cc(C(=O)OC)cc(S(=O)(=O)N[C@@H]2CCc3c(C)ccc(N4CCN(C)CC4)c3C2)c1. The van der Waals surface area contributed by atoms with E-state index in [-0.39, 0.29) is 22.1 Å². The fourth-order valence-electron chi connectivity index (χ4n) is 5.00. The Morgan fingerprint density at radius 1 is 0.944 bits per heavy atom. The Hall–Kier alpha value is -2.95. The van der Waals surface area contributed by atoms with Gasteiger partial charge in [0.25, 0.3) is 0 Å². The third kappa shape index (κ3) is 5.40. The molecule has 0 bridgehead atoms. The zero-order valence-corrected chi connectivity index (χ0v) is 22.0. The number of esters is 2. The van der Waals surface area contributed by atoms with Crippen LogP contribution < -0.4 is 9.62 Å². The molecule has 0 unspecified atom stereocenters. The van der Waals surface area contributed by atoms with Crippen LogP contribution in [0.4, 0.5) is 5.69 Å². The van der Waals surface area contributed by atoms with Crippen molar-refractivity contribution in [2.45, 2.75) is 37.1 Å². The molecule has 0 spiro atoms. The number of likely N-dealkylation sites (N-methyl/N-ethyl adjacent to an activating group) is 1. The highest BCUT2D eigenvalue weighted by atomic mass is 32.2. The fraction of sp³-hybridized carbons (Fsp3) is 0.462. The van der Waals surface area contributed by atoms with Crippen LogP contribution in [0.15, 0.2) is 35.2 Å². The molecule has 1 heterocycles. The summed E-state index contributed by atoms with van der Waals surface area (Å²) in [5.74, 6) is -1.48. The molecule has 1 aliphatic carbocycles. The molecule has 1 aliphatic heterocycles. The number of carbonyl (C=O) groups excluding carboxylic acids is 2. The lowest BCUT2D eigenvalue weighted by molar-refractivity contribution is 0.0598. The molecular weight excluding hydrogens is 482 g/mol. The number of aryl methyl sites for hydroxylation is 1. The molecule has 0 saturated carbocycles. The number of sulfonamides is 1. The minimum Gasteiger partial charge on any atom is -0.465 e. The molecule has 1 atom stereocenters. The fourth-order valence-corrected chi connectivity index (χ4v) is 6.34. The summed E-state index contributed by atoms with van der Waals surface area (Å²) in [5.41, 5.74) is 4.80. The average molecular weight is 516 g/mol. The number of methoxy groups -OCH3 is 2. The first-order valence-electron chi connectivity index (χ1n) is 12.0. The van der Waals surface area contributed by atoms with E-state index in [1.165, 1.54) is 54.8 Å². The minimum absolute atomic E-state index is 0.0391. The van der Waals surface area contributed by atoms with Gasteiger partial charge >= 0.3 is 11.9 Å². The van der Waals surface area contributed by atoms with Crippen molar-refractivity contribution in [2.75, 3.05) is 52.3 Å². The third-order valence-corrected chi connectivity index (χ3v) is 8.56. The van der Waals surface area contributed by atoms with E-state index in [2.05, 4.69) is 40.6 Å². The molecule has 4 rings (SSSR count). The van der Waals surface area contributed by atoms with E-state index in [0.29, 0.717) is 12.8 Å². The highest BCUT2D eigenvalue weighted by Gasteiger charge is 2.30. The van der Waals surface area contributed by atoms with Gasteiger partial charge in [-0.25, -0.2) is 22.7 Å². The predicted molar refractivity (Wildman–Crippen MR) is 136 cm³/mol. The topological polar surface area (TPSA) is 105 Å². The molecule has 0 aromatic heterocycles. The van der Waals surface area contributed by atoms with Crippen LogP contribution in [-0.4, -0.2) is 78.7 Å². The summed E-state index contributed by atoms with van der Waals surface area (Å²) in [7, 11) is 0.474. The molecule has 2 aliphatic rings. The first-order chi connectivity index (χ1) is 17.1. The van der Waals surface area contributed by atoms with Crippen molar-refractivity contribution >= 4 is 27.6 Å². The molecule has 0 amide bonds. The van der Waals surface area contributed by atoms with Gasteiger partial charge in [-0.15, -0.1) is 0 Å². The lowest BCUT2D eigenvalue weighted by Gasteiger charge is -2.37. The molecule has 2 aromatic rings. The Morgan fingerprint density at radius 2 is 1.56 bits per heavy atom. The normalized spacial score (nSPS) is 18.4. The molecule has 9 nitrogen and oxygen atoms in total. The number of ether oxygens (including phenoxy) is 2. The Labute approximate surface area is 212 Å². The summed E-state index contributed by atoms with van der Waals surface area (Å²) in [6, 6.07) is 7.69. The summed E-state index contributed by atoms with van der Waals surface area (Å²) in [6.45, 7) is 5.93. The van der Waals surface area contributed by atoms with E-state index < -0.39 is 22.0 Å². The third-order valence-electron chi connectivity index (χ3n) is 7.06. The van der Waals surface area contributed by atoms with E-state index in [9.17, 15) is 18.0 Å². The van der Waals surface area contributed by atoms with Crippen LogP contribution in [-0.2, 0) is 32.3 Å². The van der Waals surface area contributed by atoms with E-state index in [4.69, 9.17) is 9.47 Å². The summed E-state index contributed by atoms with van der Waals surface area (Å²) >= 11 is 0. The van der Waals surface area contributed by atoms with E-state index >= 15 is 0 Å². The first kappa shape index (κ1) is 26.1.